The van der Waals surface area contributed by atoms with E-state index < -0.39 is 0 Å². The molecule has 6 heteroatoms. The topological polar surface area (TPSA) is 50.3 Å². The minimum atomic E-state index is -0.270. The van der Waals surface area contributed by atoms with Crippen LogP contribution < -0.4 is 5.32 Å². The SMILES string of the molecule is Fc1ccccc1-c1ccc(N[C@H]2[C@@H]3CN(CC4CCOCC4)C[C@@H]32)nn1. The molecule has 3 heterocycles. The van der Waals surface area contributed by atoms with Crippen molar-refractivity contribution in [1.82, 2.24) is 15.1 Å². The van der Waals surface area contributed by atoms with Gasteiger partial charge in [0.05, 0.1) is 5.69 Å². The van der Waals surface area contributed by atoms with Gasteiger partial charge in [0.25, 0.3) is 0 Å². The molecule has 0 radical (unpaired) electrons. The number of benzene rings is 1. The van der Waals surface area contributed by atoms with Crippen LogP contribution in [0, 0.1) is 23.6 Å². The Hall–Kier alpha value is -2.05. The number of aromatic nitrogens is 2. The summed E-state index contributed by atoms with van der Waals surface area (Å²) < 4.78 is 19.3. The van der Waals surface area contributed by atoms with Gasteiger partial charge in [-0.2, -0.15) is 0 Å². The Morgan fingerprint density at radius 1 is 1.04 bits per heavy atom. The highest BCUT2D eigenvalue weighted by atomic mass is 19.1. The van der Waals surface area contributed by atoms with Crippen LogP contribution in [0.4, 0.5) is 10.2 Å². The first kappa shape index (κ1) is 17.1. The lowest BCUT2D eigenvalue weighted by Crippen LogP contribution is -2.34. The zero-order valence-electron chi connectivity index (χ0n) is 15.4. The summed E-state index contributed by atoms with van der Waals surface area (Å²) >= 11 is 0. The molecular formula is C21H25FN4O. The maximum absolute atomic E-state index is 13.9. The molecule has 0 amide bonds. The molecule has 1 aromatic carbocycles. The molecule has 0 unspecified atom stereocenters. The van der Waals surface area contributed by atoms with Gasteiger partial charge in [0.15, 0.2) is 0 Å². The second-order valence-corrected chi connectivity index (χ2v) is 8.06. The summed E-state index contributed by atoms with van der Waals surface area (Å²) in [5.41, 5.74) is 1.06. The Bertz CT molecular complexity index is 781. The lowest BCUT2D eigenvalue weighted by atomic mass is 10.00. The summed E-state index contributed by atoms with van der Waals surface area (Å²) in [5.74, 6) is 2.76. The first-order valence-corrected chi connectivity index (χ1v) is 9.93. The Kier molecular flexibility index (Phi) is 4.53. The van der Waals surface area contributed by atoms with Crippen LogP contribution in [0.15, 0.2) is 36.4 Å². The highest BCUT2D eigenvalue weighted by Gasteiger charge is 2.55. The van der Waals surface area contributed by atoms with E-state index in [4.69, 9.17) is 4.74 Å². The highest BCUT2D eigenvalue weighted by molar-refractivity contribution is 5.60. The van der Waals surface area contributed by atoms with Crippen LogP contribution in [0.2, 0.25) is 0 Å². The number of nitrogens with one attached hydrogen (secondary N) is 1. The number of rotatable bonds is 5. The van der Waals surface area contributed by atoms with E-state index >= 15 is 0 Å². The molecule has 5 nitrogen and oxygen atoms in total. The van der Waals surface area contributed by atoms with E-state index in [2.05, 4.69) is 20.4 Å². The van der Waals surface area contributed by atoms with Gasteiger partial charge >= 0.3 is 0 Å². The summed E-state index contributed by atoms with van der Waals surface area (Å²) in [6.07, 6.45) is 2.41. The number of piperidine rings is 1. The maximum Gasteiger partial charge on any atom is 0.148 e. The van der Waals surface area contributed by atoms with Crippen molar-refractivity contribution in [1.29, 1.82) is 0 Å². The smallest absolute Gasteiger partial charge is 0.148 e. The van der Waals surface area contributed by atoms with Crippen molar-refractivity contribution < 1.29 is 9.13 Å². The van der Waals surface area contributed by atoms with E-state index in [9.17, 15) is 4.39 Å². The van der Waals surface area contributed by atoms with Gasteiger partial charge in [-0.05, 0) is 54.9 Å². The zero-order valence-corrected chi connectivity index (χ0v) is 15.4. The van der Waals surface area contributed by atoms with Gasteiger partial charge in [0.1, 0.15) is 11.6 Å². The van der Waals surface area contributed by atoms with E-state index in [0.29, 0.717) is 17.3 Å². The Labute approximate surface area is 158 Å². The molecule has 0 spiro atoms. The molecule has 2 aromatic rings. The van der Waals surface area contributed by atoms with Crippen LogP contribution in [0.3, 0.4) is 0 Å². The van der Waals surface area contributed by atoms with Crippen LogP contribution in [-0.4, -0.2) is 54.0 Å². The number of hydrogen-bond donors (Lipinski definition) is 1. The molecule has 3 atom stereocenters. The van der Waals surface area contributed by atoms with Gasteiger partial charge in [-0.1, -0.05) is 12.1 Å². The normalized spacial score (nSPS) is 28.1. The van der Waals surface area contributed by atoms with Gasteiger partial charge < -0.3 is 15.0 Å². The average molecular weight is 368 g/mol. The molecule has 1 N–H and O–H groups in total. The van der Waals surface area contributed by atoms with E-state index in [0.717, 1.165) is 36.8 Å². The minimum absolute atomic E-state index is 0.270. The molecule has 1 saturated carbocycles. The lowest BCUT2D eigenvalue weighted by molar-refractivity contribution is 0.0540. The molecule has 1 aromatic heterocycles. The van der Waals surface area contributed by atoms with Gasteiger partial charge in [-0.15, -0.1) is 10.2 Å². The van der Waals surface area contributed by atoms with Gasteiger partial charge in [0.2, 0.25) is 0 Å². The first-order chi connectivity index (χ1) is 13.3. The van der Waals surface area contributed by atoms with Crippen molar-refractivity contribution in [2.75, 3.05) is 38.2 Å². The Balaban J connectivity index is 1.14. The summed E-state index contributed by atoms with van der Waals surface area (Å²) in [6, 6.07) is 10.9. The molecule has 2 aliphatic heterocycles. The number of anilines is 1. The molecule has 27 heavy (non-hydrogen) atoms. The molecule has 0 bridgehead atoms. The monoisotopic (exact) mass is 368 g/mol. The van der Waals surface area contributed by atoms with E-state index in [1.807, 2.05) is 18.2 Å². The quantitative estimate of drug-likeness (QED) is 0.879. The Morgan fingerprint density at radius 2 is 1.81 bits per heavy atom. The second kappa shape index (κ2) is 7.17. The molecule has 3 aliphatic rings. The predicted molar refractivity (Wildman–Crippen MR) is 102 cm³/mol. The van der Waals surface area contributed by atoms with Gasteiger partial charge in [-0.3, -0.25) is 0 Å². The largest absolute Gasteiger partial charge is 0.381 e. The number of halogens is 1. The summed E-state index contributed by atoms with van der Waals surface area (Å²) in [4.78, 5) is 2.62. The van der Waals surface area contributed by atoms with E-state index in [-0.39, 0.29) is 5.82 Å². The van der Waals surface area contributed by atoms with Gasteiger partial charge in [0, 0.05) is 44.5 Å². The van der Waals surface area contributed by atoms with Crippen molar-refractivity contribution in [3.8, 4) is 11.3 Å². The van der Waals surface area contributed by atoms with E-state index in [1.165, 1.54) is 38.5 Å². The van der Waals surface area contributed by atoms with Crippen molar-refractivity contribution in [2.45, 2.75) is 18.9 Å². The van der Waals surface area contributed by atoms with Crippen LogP contribution in [0.5, 0.6) is 0 Å². The van der Waals surface area contributed by atoms with Crippen LogP contribution in [0.25, 0.3) is 11.3 Å². The lowest BCUT2D eigenvalue weighted by Gasteiger charge is -2.28. The van der Waals surface area contributed by atoms with Crippen LogP contribution in [-0.2, 0) is 4.74 Å². The van der Waals surface area contributed by atoms with Gasteiger partial charge in [-0.25, -0.2) is 4.39 Å². The highest BCUT2D eigenvalue weighted by Crippen LogP contribution is 2.47. The fourth-order valence-corrected chi connectivity index (χ4v) is 4.66. The molecule has 3 fully saturated rings. The van der Waals surface area contributed by atoms with Crippen LogP contribution >= 0.6 is 0 Å². The third-order valence-electron chi connectivity index (χ3n) is 6.26. The van der Waals surface area contributed by atoms with Crippen molar-refractivity contribution >= 4 is 5.82 Å². The number of hydrogen-bond acceptors (Lipinski definition) is 5. The average Bonchev–Trinajstić information content (AvgIpc) is 3.14. The van der Waals surface area contributed by atoms with Crippen molar-refractivity contribution in [3.05, 3.63) is 42.2 Å². The maximum atomic E-state index is 13.9. The first-order valence-electron chi connectivity index (χ1n) is 9.93. The molecule has 5 rings (SSSR count). The Morgan fingerprint density at radius 3 is 2.52 bits per heavy atom. The molecular weight excluding hydrogens is 343 g/mol. The third-order valence-corrected chi connectivity index (χ3v) is 6.26. The standard InChI is InChI=1S/C21H25FN4O/c22-18-4-2-1-3-15(18)19-5-6-20(25-24-19)23-21-16-12-26(13-17(16)21)11-14-7-9-27-10-8-14/h1-6,14,16-17,21H,7-13H2,(H,23,25)/t16-,17+,21+. The summed E-state index contributed by atoms with van der Waals surface area (Å²) in [7, 11) is 0. The third kappa shape index (κ3) is 3.56. The fourth-order valence-electron chi connectivity index (χ4n) is 4.66. The summed E-state index contributed by atoms with van der Waals surface area (Å²) in [5, 5.41) is 12.0. The van der Waals surface area contributed by atoms with E-state index in [1.54, 1.807) is 12.1 Å². The number of likely N-dealkylation sites (tertiary alicyclic amines) is 1. The summed E-state index contributed by atoms with van der Waals surface area (Å²) in [6.45, 7) is 5.44. The van der Waals surface area contributed by atoms with Crippen molar-refractivity contribution in [2.24, 2.45) is 17.8 Å². The second-order valence-electron chi connectivity index (χ2n) is 8.06. The number of ether oxygens (including phenoxy) is 1. The molecule has 1 aliphatic carbocycles. The minimum Gasteiger partial charge on any atom is -0.381 e. The molecule has 142 valence electrons. The van der Waals surface area contributed by atoms with Crippen molar-refractivity contribution in [3.63, 3.8) is 0 Å². The molecule has 2 saturated heterocycles. The number of fused-ring (bicyclic) bond motifs is 1. The van der Waals surface area contributed by atoms with Crippen LogP contribution in [0.1, 0.15) is 12.8 Å². The number of nitrogens with zero attached hydrogens (tertiary/aromatic N) is 3. The predicted octanol–water partition coefficient (Wildman–Crippen LogP) is 3.05. The zero-order chi connectivity index (χ0) is 18.2. The fraction of sp³-hybridized carbons (Fsp3) is 0.524.